The van der Waals surface area contributed by atoms with Gasteiger partial charge < -0.3 is 15.2 Å². The molecule has 41 heavy (non-hydrogen) atoms. The molecule has 6 nitrogen and oxygen atoms in total. The summed E-state index contributed by atoms with van der Waals surface area (Å²) in [6, 6.07) is 17.3. The van der Waals surface area contributed by atoms with Crippen molar-refractivity contribution in [2.45, 2.75) is 71.1 Å². The normalized spacial score (nSPS) is 17.2. The summed E-state index contributed by atoms with van der Waals surface area (Å²) in [5.74, 6) is -2.07. The van der Waals surface area contributed by atoms with Crippen LogP contribution >= 0.6 is 0 Å². The average Bonchev–Trinajstić information content (AvgIpc) is 3.38. The summed E-state index contributed by atoms with van der Waals surface area (Å²) < 4.78 is 0. The van der Waals surface area contributed by atoms with Crippen molar-refractivity contribution in [2.75, 3.05) is 25.0 Å². The number of nitrogens with zero attached hydrogens (tertiary/aromatic N) is 1. The number of benzene rings is 3. The summed E-state index contributed by atoms with van der Waals surface area (Å²) in [7, 11) is 0. The number of hydrogen-bond donors (Lipinski definition) is 1. The van der Waals surface area contributed by atoms with Crippen molar-refractivity contribution in [1.29, 1.82) is 0 Å². The number of aryl methyl sites for hydroxylation is 2. The van der Waals surface area contributed by atoms with Gasteiger partial charge in [-0.3, -0.25) is 14.5 Å². The predicted molar refractivity (Wildman–Crippen MR) is 156 cm³/mol. The number of Topliss-reactive ketones (excluding diaryl/α,β-unsaturated/α-hetero) is 1. The number of fused-ring (bicyclic) bond motifs is 1. The Kier molecular flexibility index (Phi) is 10.5. The molecular weight excluding hydrogens is 523 g/mol. The van der Waals surface area contributed by atoms with Crippen molar-refractivity contribution in [2.24, 2.45) is 5.41 Å². The van der Waals surface area contributed by atoms with Gasteiger partial charge in [0.1, 0.15) is 0 Å². The van der Waals surface area contributed by atoms with Crippen LogP contribution in [0.1, 0.15) is 84.3 Å². The average molecular weight is 563 g/mol. The minimum Gasteiger partial charge on any atom is -0.550 e. The molecule has 1 heterocycles. The molecule has 1 unspecified atom stereocenters. The van der Waals surface area contributed by atoms with E-state index in [0.29, 0.717) is 23.2 Å². The molecule has 1 amide bonds. The van der Waals surface area contributed by atoms with Gasteiger partial charge in [-0.05, 0) is 104 Å². The Labute approximate surface area is 265 Å². The fraction of sp³-hybridized carbons (Fsp3) is 0.441. The van der Waals surface area contributed by atoms with E-state index < -0.39 is 11.9 Å². The molecule has 1 spiro atoms. The van der Waals surface area contributed by atoms with E-state index in [0.717, 1.165) is 53.4 Å². The molecule has 1 saturated heterocycles. The molecule has 1 aliphatic carbocycles. The molecule has 1 atom stereocenters. The standard InChI is InChI=1S/C34H40N2O4.Na/c1-23-18-24(2)33(29(19-23)30(37)22-36-16-14-34(15-17-36)12-5-6-13-34)35-31(38)20-26(21-32(39)40)28-11-7-9-25-8-3-4-10-27(25)28;/h3-4,7-11,18-19,26H,5-6,12-17,20-22H2,1-2H3,(H,35,38)(H,39,40);/q;+1/p-1. The second kappa shape index (κ2) is 13.6. The molecule has 7 heteroatoms. The van der Waals surface area contributed by atoms with Crippen LogP contribution in [0.25, 0.3) is 10.8 Å². The first-order chi connectivity index (χ1) is 19.2. The van der Waals surface area contributed by atoms with Gasteiger partial charge >= 0.3 is 29.6 Å². The molecule has 5 rings (SSSR count). The SMILES string of the molecule is Cc1cc(C)c(NC(=O)CC(CC(=O)[O-])c2cccc3ccccc23)c(C(=O)CN2CCC3(CCCC3)CC2)c1.[Na+]. The third kappa shape index (κ3) is 7.47. The zero-order valence-corrected chi connectivity index (χ0v) is 26.6. The van der Waals surface area contributed by atoms with Gasteiger partial charge in [-0.2, -0.15) is 0 Å². The van der Waals surface area contributed by atoms with Crippen LogP contribution in [0.5, 0.6) is 0 Å². The summed E-state index contributed by atoms with van der Waals surface area (Å²) >= 11 is 0. The van der Waals surface area contributed by atoms with Crippen molar-refractivity contribution >= 4 is 34.1 Å². The van der Waals surface area contributed by atoms with Crippen LogP contribution in [0.4, 0.5) is 5.69 Å². The quantitative estimate of drug-likeness (QED) is 0.320. The number of carbonyl (C=O) groups excluding carboxylic acids is 3. The van der Waals surface area contributed by atoms with E-state index in [9.17, 15) is 19.5 Å². The first-order valence-corrected chi connectivity index (χ1v) is 14.6. The number of rotatable bonds is 9. The maximum absolute atomic E-state index is 13.6. The minimum absolute atomic E-state index is 0. The molecule has 0 aromatic heterocycles. The molecule has 0 bridgehead atoms. The predicted octanol–water partition coefficient (Wildman–Crippen LogP) is 2.55. The van der Waals surface area contributed by atoms with E-state index in [4.69, 9.17) is 0 Å². The van der Waals surface area contributed by atoms with Crippen molar-refractivity contribution in [3.8, 4) is 0 Å². The van der Waals surface area contributed by atoms with E-state index in [-0.39, 0.29) is 54.1 Å². The van der Waals surface area contributed by atoms with Crippen LogP contribution in [-0.4, -0.2) is 42.2 Å². The van der Waals surface area contributed by atoms with Crippen molar-refractivity contribution < 1.29 is 49.0 Å². The first-order valence-electron chi connectivity index (χ1n) is 14.6. The molecule has 3 aromatic carbocycles. The Morgan fingerprint density at radius 2 is 1.61 bits per heavy atom. The number of carboxylic acid groups (broad SMARTS) is 1. The van der Waals surface area contributed by atoms with Crippen LogP contribution in [0.2, 0.25) is 0 Å². The van der Waals surface area contributed by atoms with Crippen molar-refractivity contribution in [3.63, 3.8) is 0 Å². The van der Waals surface area contributed by atoms with Gasteiger partial charge in [0.05, 0.1) is 12.2 Å². The van der Waals surface area contributed by atoms with Crippen molar-refractivity contribution in [3.05, 3.63) is 76.9 Å². The number of hydrogen-bond acceptors (Lipinski definition) is 5. The Morgan fingerprint density at radius 3 is 2.32 bits per heavy atom. The van der Waals surface area contributed by atoms with Crippen LogP contribution in [0.3, 0.4) is 0 Å². The number of anilines is 1. The smallest absolute Gasteiger partial charge is 0.550 e. The van der Waals surface area contributed by atoms with Crippen LogP contribution in [0.15, 0.2) is 54.6 Å². The monoisotopic (exact) mass is 562 g/mol. The van der Waals surface area contributed by atoms with E-state index in [1.54, 1.807) is 0 Å². The molecule has 2 aliphatic rings. The summed E-state index contributed by atoms with van der Waals surface area (Å²) in [6.45, 7) is 6.07. The molecule has 3 aromatic rings. The molecule has 0 radical (unpaired) electrons. The number of piperidine rings is 1. The van der Waals surface area contributed by atoms with E-state index in [2.05, 4.69) is 10.2 Å². The molecule has 210 valence electrons. The molecule has 2 fully saturated rings. The Balaban J connectivity index is 0.00000387. The largest absolute Gasteiger partial charge is 1.00 e. The number of carboxylic acids is 1. The third-order valence-corrected chi connectivity index (χ3v) is 9.10. The van der Waals surface area contributed by atoms with E-state index in [1.807, 2.05) is 68.4 Å². The molecule has 1 N–H and O–H groups in total. The zero-order chi connectivity index (χ0) is 28.3. The number of likely N-dealkylation sites (tertiary alicyclic amines) is 1. The maximum Gasteiger partial charge on any atom is 1.00 e. The third-order valence-electron chi connectivity index (χ3n) is 9.10. The topological polar surface area (TPSA) is 89.5 Å². The fourth-order valence-electron chi connectivity index (χ4n) is 6.97. The van der Waals surface area contributed by atoms with Gasteiger partial charge in [0, 0.05) is 18.0 Å². The molecular formula is C34H39N2NaO4. The van der Waals surface area contributed by atoms with Crippen LogP contribution in [0, 0.1) is 19.3 Å². The number of carbonyl (C=O) groups is 3. The summed E-state index contributed by atoms with van der Waals surface area (Å²) in [5, 5.41) is 16.6. The van der Waals surface area contributed by atoms with Gasteiger partial charge in [-0.15, -0.1) is 0 Å². The van der Waals surface area contributed by atoms with E-state index >= 15 is 0 Å². The maximum atomic E-state index is 13.6. The number of ketones is 1. The summed E-state index contributed by atoms with van der Waals surface area (Å²) in [4.78, 5) is 40.9. The van der Waals surface area contributed by atoms with Gasteiger partial charge in [-0.25, -0.2) is 0 Å². The summed E-state index contributed by atoms with van der Waals surface area (Å²) in [5.41, 5.74) is 4.13. The van der Waals surface area contributed by atoms with Crippen LogP contribution < -0.4 is 40.0 Å². The molecule has 1 aliphatic heterocycles. The fourth-order valence-corrected chi connectivity index (χ4v) is 6.97. The Hall–Kier alpha value is -2.51. The Bertz CT molecular complexity index is 1410. The van der Waals surface area contributed by atoms with Gasteiger partial charge in [-0.1, -0.05) is 61.4 Å². The molecule has 1 saturated carbocycles. The Morgan fingerprint density at radius 1 is 0.927 bits per heavy atom. The first kappa shape index (κ1) is 31.4. The van der Waals surface area contributed by atoms with Crippen LogP contribution in [-0.2, 0) is 9.59 Å². The second-order valence-electron chi connectivity index (χ2n) is 12.0. The van der Waals surface area contributed by atoms with E-state index in [1.165, 1.54) is 25.7 Å². The van der Waals surface area contributed by atoms with Gasteiger partial charge in [0.15, 0.2) is 5.78 Å². The summed E-state index contributed by atoms with van der Waals surface area (Å²) in [6.07, 6.45) is 7.31. The number of aliphatic carboxylic acids is 1. The second-order valence-corrected chi connectivity index (χ2v) is 12.0. The van der Waals surface area contributed by atoms with Gasteiger partial charge in [0.2, 0.25) is 5.91 Å². The van der Waals surface area contributed by atoms with Gasteiger partial charge in [0.25, 0.3) is 0 Å². The number of nitrogens with one attached hydrogen (secondary N) is 1. The minimum atomic E-state index is -1.20. The van der Waals surface area contributed by atoms with Crippen molar-refractivity contribution in [1.82, 2.24) is 4.90 Å². The number of amides is 1. The zero-order valence-electron chi connectivity index (χ0n) is 24.6.